The molecule has 1 saturated heterocycles. The highest BCUT2D eigenvalue weighted by Crippen LogP contribution is 2.42. The molecule has 3 heteroatoms. The second kappa shape index (κ2) is 2.85. The number of hydrogen-bond donors (Lipinski definition) is 0. The van der Waals surface area contributed by atoms with Crippen LogP contribution in [0.2, 0.25) is 0 Å². The number of hydrogen-bond acceptors (Lipinski definition) is 1. The van der Waals surface area contributed by atoms with Crippen LogP contribution in [0.25, 0.3) is 0 Å². The highest BCUT2D eigenvalue weighted by atomic mass is 35.5. The summed E-state index contributed by atoms with van der Waals surface area (Å²) < 4.78 is 0. The quantitative estimate of drug-likeness (QED) is 0.532. The van der Waals surface area contributed by atoms with Crippen LogP contribution in [0, 0.1) is 5.92 Å². The molecule has 1 heterocycles. The highest BCUT2D eigenvalue weighted by molar-refractivity contribution is 8.01. The molecule has 0 aromatic heterocycles. The van der Waals surface area contributed by atoms with E-state index in [1.807, 2.05) is 12.2 Å². The maximum absolute atomic E-state index is 7.60. The Balaban J connectivity index is 2.20. The molecule has 1 fully saturated rings. The van der Waals surface area contributed by atoms with Gasteiger partial charge >= 0.3 is 0 Å². The fraction of sp³-hybridized carbons (Fsp3) is 0.500. The molecule has 0 spiro atoms. The predicted molar refractivity (Wildman–Crippen MR) is 49.7 cm³/mol. The van der Waals surface area contributed by atoms with E-state index in [2.05, 4.69) is 12.2 Å². The molecule has 4 atom stereocenters. The minimum Gasteiger partial charge on any atom is -0.242 e. The van der Waals surface area contributed by atoms with Crippen molar-refractivity contribution < 1.29 is 0 Å². The Morgan fingerprint density at radius 1 is 1.27 bits per heavy atom. The smallest absolute Gasteiger partial charge is 0.0841 e. The van der Waals surface area contributed by atoms with Crippen molar-refractivity contribution in [2.45, 2.75) is 16.0 Å². The van der Waals surface area contributed by atoms with Gasteiger partial charge in [0.05, 0.1) is 10.8 Å². The van der Waals surface area contributed by atoms with Crippen molar-refractivity contribution >= 4 is 23.4 Å². The first kappa shape index (κ1) is 7.71. The molecule has 4 unspecified atom stereocenters. The maximum Gasteiger partial charge on any atom is 0.0841 e. The summed E-state index contributed by atoms with van der Waals surface area (Å²) in [5.41, 5.74) is 7.60. The lowest BCUT2D eigenvalue weighted by Crippen LogP contribution is -2.21. The Bertz CT molecular complexity index is 214. The molecule has 1 nitrogen and oxygen atoms in total. The minimum absolute atomic E-state index is 0.00815. The normalized spacial score (nSPS) is 47.8. The highest BCUT2D eigenvalue weighted by Gasteiger charge is 2.39. The van der Waals surface area contributed by atoms with Gasteiger partial charge in [-0.1, -0.05) is 24.3 Å². The summed E-state index contributed by atoms with van der Waals surface area (Å²) in [4.78, 5) is 0. The summed E-state index contributed by atoms with van der Waals surface area (Å²) >= 11 is 7.70. The molecule has 0 aromatic carbocycles. The second-order valence-electron chi connectivity index (χ2n) is 2.81. The van der Waals surface area contributed by atoms with Gasteiger partial charge in [-0.2, -0.15) is 0 Å². The van der Waals surface area contributed by atoms with Crippen LogP contribution < -0.4 is 5.73 Å². The average molecular weight is 187 g/mol. The van der Waals surface area contributed by atoms with E-state index in [9.17, 15) is 0 Å². The fourth-order valence-electron chi connectivity index (χ4n) is 1.47. The van der Waals surface area contributed by atoms with Crippen molar-refractivity contribution in [3.63, 3.8) is 0 Å². The summed E-state index contributed by atoms with van der Waals surface area (Å²) in [6, 6.07) is 0. The van der Waals surface area contributed by atoms with Crippen molar-refractivity contribution in [2.24, 2.45) is 5.92 Å². The number of alkyl halides is 1. The van der Waals surface area contributed by atoms with Crippen molar-refractivity contribution in [3.8, 4) is 0 Å². The number of rotatable bonds is 0. The molecule has 2 rings (SSSR count). The third-order valence-electron chi connectivity index (χ3n) is 2.09. The molecule has 0 aromatic rings. The molecule has 1 aliphatic carbocycles. The Morgan fingerprint density at radius 2 is 2.00 bits per heavy atom. The molecule has 1 aliphatic heterocycles. The molecule has 0 amide bonds. The summed E-state index contributed by atoms with van der Waals surface area (Å²) in [5, 5.41) is 0.287. The molecule has 0 bridgehead atoms. The van der Waals surface area contributed by atoms with Gasteiger partial charge in [0.2, 0.25) is 0 Å². The predicted octanol–water partition coefficient (Wildman–Crippen LogP) is 2.06. The van der Waals surface area contributed by atoms with E-state index in [1.54, 1.807) is 11.8 Å². The molecule has 0 saturated carbocycles. The number of fused-ring (bicyclic) bond motifs is 1. The van der Waals surface area contributed by atoms with Gasteiger partial charge in [0.25, 0.3) is 0 Å². The van der Waals surface area contributed by atoms with Crippen LogP contribution in [0.3, 0.4) is 0 Å². The molecular weight excluding hydrogens is 178 g/mol. The van der Waals surface area contributed by atoms with E-state index in [4.69, 9.17) is 17.3 Å². The molecule has 1 radical (unpaired) electrons. The van der Waals surface area contributed by atoms with E-state index < -0.39 is 0 Å². The molecule has 2 aliphatic rings. The Kier molecular flexibility index (Phi) is 2.00. The van der Waals surface area contributed by atoms with Crippen molar-refractivity contribution in [1.29, 1.82) is 0 Å². The third-order valence-corrected chi connectivity index (χ3v) is 4.15. The minimum atomic E-state index is -0.154. The Morgan fingerprint density at radius 3 is 2.73 bits per heavy atom. The van der Waals surface area contributed by atoms with E-state index >= 15 is 0 Å². The molecule has 59 valence electrons. The van der Waals surface area contributed by atoms with Gasteiger partial charge in [0.15, 0.2) is 0 Å². The number of nitrogens with one attached hydrogen (secondary N) is 1. The van der Waals surface area contributed by atoms with E-state index in [1.165, 1.54) is 0 Å². The van der Waals surface area contributed by atoms with Gasteiger partial charge in [-0.3, -0.25) is 0 Å². The van der Waals surface area contributed by atoms with Crippen LogP contribution in [0.1, 0.15) is 0 Å². The van der Waals surface area contributed by atoms with E-state index in [0.29, 0.717) is 11.2 Å². The monoisotopic (exact) mass is 186 g/mol. The average Bonchev–Trinajstić information content (AvgIpc) is 2.30. The molecule has 1 N–H and O–H groups in total. The first-order chi connectivity index (χ1) is 5.29. The summed E-state index contributed by atoms with van der Waals surface area (Å²) in [7, 11) is 0. The summed E-state index contributed by atoms with van der Waals surface area (Å²) in [6.07, 6.45) is 8.31. The summed E-state index contributed by atoms with van der Waals surface area (Å²) in [5.74, 6) is 0.383. The zero-order valence-corrected chi connectivity index (χ0v) is 7.48. The van der Waals surface area contributed by atoms with Crippen LogP contribution in [0.5, 0.6) is 0 Å². The largest absolute Gasteiger partial charge is 0.242 e. The zero-order chi connectivity index (χ0) is 7.84. The third kappa shape index (κ3) is 1.24. The first-order valence-corrected chi connectivity index (χ1v) is 5.02. The first-order valence-electron chi connectivity index (χ1n) is 3.64. The Labute approximate surface area is 75.7 Å². The summed E-state index contributed by atoms with van der Waals surface area (Å²) in [6.45, 7) is 0. The van der Waals surface area contributed by atoms with Crippen molar-refractivity contribution in [2.75, 3.05) is 0 Å². The van der Waals surface area contributed by atoms with E-state index in [0.717, 1.165) is 0 Å². The van der Waals surface area contributed by atoms with Gasteiger partial charge in [-0.25, -0.2) is 5.73 Å². The fourth-order valence-corrected chi connectivity index (χ4v) is 3.27. The zero-order valence-electron chi connectivity index (χ0n) is 5.91. The maximum atomic E-state index is 7.60. The van der Waals surface area contributed by atoms with Crippen LogP contribution in [-0.2, 0) is 0 Å². The van der Waals surface area contributed by atoms with Crippen LogP contribution in [0.4, 0.5) is 0 Å². The lowest BCUT2D eigenvalue weighted by Gasteiger charge is -2.15. The van der Waals surface area contributed by atoms with Gasteiger partial charge < -0.3 is 0 Å². The van der Waals surface area contributed by atoms with Crippen molar-refractivity contribution in [3.05, 3.63) is 24.3 Å². The lowest BCUT2D eigenvalue weighted by atomic mass is 9.97. The van der Waals surface area contributed by atoms with Crippen LogP contribution >= 0.6 is 23.4 Å². The standard InChI is InChI=1S/C8H9ClNS/c9-7-5-3-1-2-4-6(5)11-8(7)10/h1-8,10H. The Hall–Kier alpha value is 0.0800. The number of halogens is 1. The van der Waals surface area contributed by atoms with Crippen LogP contribution in [0.15, 0.2) is 24.3 Å². The van der Waals surface area contributed by atoms with Gasteiger partial charge in [0, 0.05) is 11.2 Å². The number of thioether (sulfide) groups is 1. The number of allylic oxidation sites excluding steroid dienone is 3. The second-order valence-corrected chi connectivity index (χ2v) is 4.64. The van der Waals surface area contributed by atoms with Gasteiger partial charge in [-0.05, 0) is 0 Å². The molecule has 11 heavy (non-hydrogen) atoms. The van der Waals surface area contributed by atoms with Gasteiger partial charge in [-0.15, -0.1) is 23.4 Å². The van der Waals surface area contributed by atoms with E-state index in [-0.39, 0.29) is 10.8 Å². The lowest BCUT2D eigenvalue weighted by molar-refractivity contribution is 0.637. The van der Waals surface area contributed by atoms with Gasteiger partial charge in [0.1, 0.15) is 0 Å². The van der Waals surface area contributed by atoms with Crippen molar-refractivity contribution in [1.82, 2.24) is 5.73 Å². The van der Waals surface area contributed by atoms with Crippen LogP contribution in [-0.4, -0.2) is 16.0 Å². The SMILES string of the molecule is [NH]C1SC2C=CC=CC2C1Cl. The molecular formula is C8H9ClNS. The topological polar surface area (TPSA) is 23.8 Å².